The van der Waals surface area contributed by atoms with Crippen LogP contribution in [-0.4, -0.2) is 60.4 Å². The number of hydrogen-bond donors (Lipinski definition) is 0. The SMILES string of the molecule is CC(C)(C)CC(=O)c1cccc(CC(C)(C)C)c1.CC(C)(C)CCC(=O)c1cccc(CC(C)(C)C)c1.CC(C)(C)CCCc1cccc(CC(C)(C)C)c1.CC(C)(C)CCc1cccc(CC(C)(C)C)c1.CC(C)(C)Cc1cccc(C(C)(C)C)c1.CC(C)(C)Cc1cccc(CC(C)(C)C)c1.CN(CC(C)(C)C)C(=O)c1cccc(CC(C)(C)C)c1.CN(CCC(C)(C)C)C(=O)c1cccc(CC(C)(C)C)c1. The minimum Gasteiger partial charge on any atom is -0.342 e. The summed E-state index contributed by atoms with van der Waals surface area (Å²) >= 11 is 0. The average molecular weight is 1970 g/mol. The van der Waals surface area contributed by atoms with E-state index >= 15 is 0 Å². The number of ketones is 2. The fraction of sp³-hybridized carbons (Fsp3) is 0.623. The van der Waals surface area contributed by atoms with Gasteiger partial charge in [-0.25, -0.2) is 0 Å². The van der Waals surface area contributed by atoms with E-state index in [1.165, 1.54) is 105 Å². The molecule has 0 atom stereocenters. The van der Waals surface area contributed by atoms with Gasteiger partial charge in [0.25, 0.3) is 11.8 Å². The van der Waals surface area contributed by atoms with Gasteiger partial charge in [-0.05, 0) is 293 Å². The van der Waals surface area contributed by atoms with Gasteiger partial charge < -0.3 is 9.80 Å². The number of carbonyl (C=O) groups excluding carboxylic acids is 4. The minimum absolute atomic E-state index is 0.0527. The van der Waals surface area contributed by atoms with Crippen molar-refractivity contribution in [2.45, 2.75) is 453 Å². The Morgan fingerprint density at radius 3 is 0.722 bits per heavy atom. The number of Topliss-reactive ketones (excluding diaryl/α,β-unsaturated/α-hetero) is 2. The van der Waals surface area contributed by atoms with Crippen molar-refractivity contribution >= 4 is 23.4 Å². The molecule has 0 aliphatic carbocycles. The van der Waals surface area contributed by atoms with Gasteiger partial charge in [0.1, 0.15) is 0 Å². The van der Waals surface area contributed by atoms with Crippen LogP contribution < -0.4 is 0 Å². The summed E-state index contributed by atoms with van der Waals surface area (Å²) < 4.78 is 0. The van der Waals surface area contributed by atoms with Crippen LogP contribution in [0.15, 0.2) is 194 Å². The van der Waals surface area contributed by atoms with E-state index in [-0.39, 0.29) is 72.1 Å². The molecule has 0 aliphatic heterocycles. The maximum absolute atomic E-state index is 12.5. The summed E-state index contributed by atoms with van der Waals surface area (Å²) in [6.07, 6.45) is 19.2. The molecule has 0 heterocycles. The summed E-state index contributed by atoms with van der Waals surface area (Å²) in [5.74, 6) is 0.745. The lowest BCUT2D eigenvalue weighted by Gasteiger charge is -2.27. The highest BCUT2D eigenvalue weighted by atomic mass is 16.2. The molecule has 0 aliphatic rings. The minimum atomic E-state index is 0.0527. The van der Waals surface area contributed by atoms with E-state index in [4.69, 9.17) is 0 Å². The van der Waals surface area contributed by atoms with Gasteiger partial charge >= 0.3 is 0 Å². The van der Waals surface area contributed by atoms with Gasteiger partial charge in [-0.15, -0.1) is 0 Å². The van der Waals surface area contributed by atoms with Crippen LogP contribution in [0.5, 0.6) is 0 Å². The summed E-state index contributed by atoms with van der Waals surface area (Å²) in [7, 11) is 3.77. The van der Waals surface area contributed by atoms with Crippen molar-refractivity contribution < 1.29 is 19.2 Å². The zero-order valence-electron chi connectivity index (χ0n) is 103. The van der Waals surface area contributed by atoms with Crippen LogP contribution in [0.25, 0.3) is 0 Å². The summed E-state index contributed by atoms with van der Waals surface area (Å²) in [6, 6.07) is 68.6. The molecule has 6 nitrogen and oxygen atoms in total. The molecular formula is C138H222N2O4. The number of rotatable bonds is 24. The van der Waals surface area contributed by atoms with Gasteiger partial charge in [0.05, 0.1) is 0 Å². The first-order valence-corrected chi connectivity index (χ1v) is 55.0. The maximum atomic E-state index is 12.5. The summed E-state index contributed by atoms with van der Waals surface area (Å²) in [5, 5.41) is 0. The highest BCUT2D eigenvalue weighted by Crippen LogP contribution is 2.35. The van der Waals surface area contributed by atoms with Crippen molar-refractivity contribution in [3.63, 3.8) is 0 Å². The van der Waals surface area contributed by atoms with E-state index < -0.39 is 0 Å². The number of carbonyl (C=O) groups is 4. The number of aryl methyl sites for hydroxylation is 2. The number of hydrogen-bond acceptors (Lipinski definition) is 4. The number of benzene rings is 8. The van der Waals surface area contributed by atoms with Crippen molar-refractivity contribution in [3.05, 3.63) is 283 Å². The lowest BCUT2D eigenvalue weighted by molar-refractivity contribution is 0.0744. The Labute approximate surface area is 891 Å². The first-order valence-electron chi connectivity index (χ1n) is 55.0. The van der Waals surface area contributed by atoms with E-state index in [1.54, 1.807) is 0 Å². The van der Waals surface area contributed by atoms with Crippen LogP contribution >= 0.6 is 0 Å². The van der Waals surface area contributed by atoms with Crippen LogP contribution in [0, 0.1) is 81.2 Å². The molecule has 0 saturated carbocycles. The molecule has 0 saturated heterocycles. The molecule has 0 spiro atoms. The Morgan fingerprint density at radius 2 is 0.444 bits per heavy atom. The third-order valence-corrected chi connectivity index (χ3v) is 23.2. The quantitative estimate of drug-likeness (QED) is 0.0565. The van der Waals surface area contributed by atoms with Gasteiger partial charge in [-0.2, -0.15) is 0 Å². The van der Waals surface area contributed by atoms with Crippen LogP contribution in [-0.2, 0) is 76.0 Å². The molecular weight excluding hydrogens is 1750 g/mol. The lowest BCUT2D eigenvalue weighted by Crippen LogP contribution is -2.34. The Balaban J connectivity index is 0.000000824. The zero-order valence-corrected chi connectivity index (χ0v) is 103. The van der Waals surface area contributed by atoms with E-state index in [0.717, 1.165) is 99.6 Å². The molecule has 0 bridgehead atoms. The van der Waals surface area contributed by atoms with Crippen LogP contribution in [0.4, 0.5) is 0 Å². The average Bonchev–Trinajstić information content (AvgIpc) is 0.838. The molecule has 0 unspecified atom stereocenters. The molecule has 0 fully saturated rings. The largest absolute Gasteiger partial charge is 0.342 e. The van der Waals surface area contributed by atoms with Crippen molar-refractivity contribution in [2.75, 3.05) is 27.2 Å². The molecule has 8 rings (SSSR count). The third kappa shape index (κ3) is 71.6. The first-order chi connectivity index (χ1) is 64.7. The molecule has 0 N–H and O–H groups in total. The van der Waals surface area contributed by atoms with Gasteiger partial charge in [0.15, 0.2) is 11.6 Å². The molecule has 6 heteroatoms. The van der Waals surface area contributed by atoms with Crippen molar-refractivity contribution in [1.29, 1.82) is 0 Å². The molecule has 0 aromatic heterocycles. The maximum Gasteiger partial charge on any atom is 0.253 e. The predicted molar refractivity (Wildman–Crippen MR) is 638 cm³/mol. The van der Waals surface area contributed by atoms with Gasteiger partial charge in [0.2, 0.25) is 0 Å². The van der Waals surface area contributed by atoms with E-state index in [0.29, 0.717) is 50.7 Å². The fourth-order valence-corrected chi connectivity index (χ4v) is 17.0. The van der Waals surface area contributed by atoms with Gasteiger partial charge in [-0.1, -0.05) is 490 Å². The molecule has 144 heavy (non-hydrogen) atoms. The second kappa shape index (κ2) is 57.2. The van der Waals surface area contributed by atoms with E-state index in [9.17, 15) is 19.2 Å². The summed E-state index contributed by atoms with van der Waals surface area (Å²) in [4.78, 5) is 53.0. The van der Waals surface area contributed by atoms with Crippen molar-refractivity contribution in [3.8, 4) is 0 Å². The highest BCUT2D eigenvalue weighted by Gasteiger charge is 2.27. The summed E-state index contributed by atoms with van der Waals surface area (Å²) in [6.45, 7) is 109. The zero-order chi connectivity index (χ0) is 111. The van der Waals surface area contributed by atoms with Crippen molar-refractivity contribution in [2.24, 2.45) is 81.2 Å². The smallest absolute Gasteiger partial charge is 0.253 e. The van der Waals surface area contributed by atoms with Crippen LogP contribution in [0.3, 0.4) is 0 Å². The van der Waals surface area contributed by atoms with Gasteiger partial charge in [-0.3, -0.25) is 19.2 Å². The summed E-state index contributed by atoms with van der Waals surface area (Å²) in [5.41, 5.74) is 24.7. The van der Waals surface area contributed by atoms with Crippen LogP contribution in [0.1, 0.15) is 485 Å². The highest BCUT2D eigenvalue weighted by molar-refractivity contribution is 5.97. The normalized spacial score (nSPS) is 12.6. The Kier molecular flexibility index (Phi) is 53.2. The van der Waals surface area contributed by atoms with Gasteiger partial charge in [0, 0.05) is 62.3 Å². The monoisotopic (exact) mass is 1970 g/mol. The molecule has 808 valence electrons. The second-order valence-corrected chi connectivity index (χ2v) is 61.7. The topological polar surface area (TPSA) is 74.8 Å². The first kappa shape index (κ1) is 134. The fourth-order valence-electron chi connectivity index (χ4n) is 17.0. The Hall–Kier alpha value is -7.96. The standard InChI is InChI=1S/C19H31NO.C18H29NO.C18H28O.C18H30.C17H26O.C17H28.C16H26.C15H24/c1-18(2,3)11-12-20(7)17(21)16-10-8-9-15(13-16)14-19(4,5)6;1-17(2,3)12-14-9-8-10-15(11-14)16(20)19(7)13-18(4,5)6;1-17(2,3)11-10-16(19)15-9-7-8-14(12-15)13-18(4,5)6;1-17(2,3)12-8-11-15-9-7-10-16(13-15)14-18(4,5)6;1-16(2,3)11-13-8-7-9-14(10-13)15(18)12-17(4,5)6;1-16(2,3)11-10-14-8-7-9-15(12-14)13-17(4,5)6;1-15(2,3)11-13-8-7-9-14(10-13)12-16(4,5)6;1-14(2,3)11-12-8-7-9-13(10-12)15(4,5)6/h8-10,13H,11-12,14H2,1-7H3;8-11H,12-13H2,1-7H3;7-9,12H,10-11,13H2,1-6H3;7,9-10,13H,8,11-12,14H2,1-6H3;7-10H,11-12H2,1-6H3;7-9,12H,10-11,13H2,1-6H3;7-10H,11-12H2,1-6H3;7-10H,11H2,1-6H3. The molecule has 8 aromatic rings. The predicted octanol–water partition coefficient (Wildman–Crippen LogP) is 39.7. The molecule has 8 aromatic carbocycles. The van der Waals surface area contributed by atoms with Crippen LogP contribution in [0.2, 0.25) is 0 Å². The number of amides is 2. The second-order valence-electron chi connectivity index (χ2n) is 61.7. The lowest BCUT2D eigenvalue weighted by atomic mass is 9.83. The van der Waals surface area contributed by atoms with E-state index in [1.807, 2.05) is 84.6 Å². The van der Waals surface area contributed by atoms with Crippen molar-refractivity contribution in [1.82, 2.24) is 9.80 Å². The van der Waals surface area contributed by atoms with E-state index in [2.05, 4.69) is 466 Å². The Bertz CT molecular complexity index is 5040. The number of nitrogens with zero attached hydrogens (tertiary/aromatic N) is 2. The Morgan fingerprint density at radius 1 is 0.208 bits per heavy atom. The molecule has 2 amide bonds. The third-order valence-electron chi connectivity index (χ3n) is 23.2. The molecule has 0 radical (unpaired) electrons.